The monoisotopic (exact) mass is 406 g/mol. The molecular formula is C16H30N4O8. The van der Waals surface area contributed by atoms with Gasteiger partial charge in [0.25, 0.3) is 0 Å². The normalized spacial score (nSPS) is 19.8. The maximum atomic E-state index is 12.4. The summed E-state index contributed by atoms with van der Waals surface area (Å²) in [6, 6.07) is -5.70. The Morgan fingerprint density at radius 2 is 1.11 bits per heavy atom. The van der Waals surface area contributed by atoms with E-state index in [9.17, 15) is 39.6 Å². The number of carbonyl (C=O) groups is 4. The molecule has 0 saturated heterocycles. The van der Waals surface area contributed by atoms with E-state index in [2.05, 4.69) is 16.0 Å². The molecule has 0 aromatic heterocycles. The van der Waals surface area contributed by atoms with Crippen molar-refractivity contribution in [3.05, 3.63) is 0 Å². The topological polar surface area (TPSA) is 211 Å². The van der Waals surface area contributed by atoms with Crippen LogP contribution in [0.3, 0.4) is 0 Å². The molecule has 0 heterocycles. The Kier molecular flexibility index (Phi) is 10.8. The van der Waals surface area contributed by atoms with Crippen LogP contribution in [-0.4, -0.2) is 93.0 Å². The number of rotatable bonds is 11. The molecule has 0 radical (unpaired) electrons. The van der Waals surface area contributed by atoms with Gasteiger partial charge in [-0.3, -0.25) is 14.4 Å². The smallest absolute Gasteiger partial charge is 0.245 e. The van der Waals surface area contributed by atoms with Crippen LogP contribution in [0.15, 0.2) is 0 Å². The van der Waals surface area contributed by atoms with Gasteiger partial charge >= 0.3 is 0 Å². The highest BCUT2D eigenvalue weighted by Crippen LogP contribution is 2.01. The molecule has 9 N–H and O–H groups in total. The summed E-state index contributed by atoms with van der Waals surface area (Å²) in [7, 11) is 0. The van der Waals surface area contributed by atoms with Gasteiger partial charge < -0.3 is 46.9 Å². The number of amides is 3. The average molecular weight is 406 g/mol. The number of aliphatic hydroxyl groups excluding tert-OH is 4. The number of aliphatic hydroxyl groups is 4. The van der Waals surface area contributed by atoms with E-state index < -0.39 is 66.3 Å². The third-order valence-electron chi connectivity index (χ3n) is 3.92. The number of carbonyl (C=O) groups excluding carboxylic acids is 4. The number of hydrogen-bond acceptors (Lipinski definition) is 9. The number of hydrogen-bond donors (Lipinski definition) is 8. The number of aldehydes is 1. The second-order valence-corrected chi connectivity index (χ2v) is 6.63. The zero-order valence-electron chi connectivity index (χ0n) is 16.2. The van der Waals surface area contributed by atoms with E-state index >= 15 is 0 Å². The molecule has 12 heteroatoms. The first kappa shape index (κ1) is 25.9. The molecule has 12 nitrogen and oxygen atoms in total. The molecular weight excluding hydrogens is 376 g/mol. The fourth-order valence-electron chi connectivity index (χ4n) is 2.04. The summed E-state index contributed by atoms with van der Waals surface area (Å²) < 4.78 is 0. The van der Waals surface area contributed by atoms with Crippen LogP contribution >= 0.6 is 0 Å². The van der Waals surface area contributed by atoms with E-state index in [0.717, 1.165) is 0 Å². The van der Waals surface area contributed by atoms with Gasteiger partial charge in [0, 0.05) is 0 Å². The lowest BCUT2D eigenvalue weighted by molar-refractivity contribution is -0.137. The highest BCUT2D eigenvalue weighted by Gasteiger charge is 2.34. The molecule has 0 saturated carbocycles. The van der Waals surface area contributed by atoms with Gasteiger partial charge in [-0.15, -0.1) is 0 Å². The molecule has 0 bridgehead atoms. The zero-order chi connectivity index (χ0) is 22.2. The largest absolute Gasteiger partial charge is 0.391 e. The summed E-state index contributed by atoms with van der Waals surface area (Å²) in [5.41, 5.74) is 5.47. The van der Waals surface area contributed by atoms with Gasteiger partial charge in [-0.2, -0.15) is 0 Å². The first-order valence-corrected chi connectivity index (χ1v) is 8.67. The summed E-state index contributed by atoms with van der Waals surface area (Å²) in [5, 5.41) is 44.8. The fourth-order valence-corrected chi connectivity index (χ4v) is 2.04. The fraction of sp³-hybridized carbons (Fsp3) is 0.750. The maximum Gasteiger partial charge on any atom is 0.245 e. The van der Waals surface area contributed by atoms with Gasteiger partial charge in [0.15, 0.2) is 0 Å². The molecule has 0 aromatic rings. The predicted molar refractivity (Wildman–Crippen MR) is 96.6 cm³/mol. The van der Waals surface area contributed by atoms with Crippen LogP contribution in [0.2, 0.25) is 0 Å². The SMILES string of the molecule is C[C@@H](O)[C@H](N)C(=O)N[C@H](C(=O)N[C@H](C(=O)N[C@H](C=O)[C@@H](C)O)[C@@H](C)O)[C@@H](C)O. The Balaban J connectivity index is 5.29. The minimum Gasteiger partial charge on any atom is -0.391 e. The highest BCUT2D eigenvalue weighted by atomic mass is 16.3. The minimum absolute atomic E-state index is 0.291. The van der Waals surface area contributed by atoms with Crippen molar-refractivity contribution in [2.45, 2.75) is 76.3 Å². The lowest BCUT2D eigenvalue weighted by Crippen LogP contribution is -2.62. The van der Waals surface area contributed by atoms with Crippen molar-refractivity contribution < 1.29 is 39.6 Å². The Morgan fingerprint density at radius 3 is 1.43 bits per heavy atom. The lowest BCUT2D eigenvalue weighted by Gasteiger charge is -2.28. The standard InChI is InChI=1S/C16H30N4O8/c1-6(22)10(5-21)18-15(27)12(8(3)24)20-16(28)13(9(4)25)19-14(26)11(17)7(2)23/h5-13,22-25H,17H2,1-4H3,(H,18,27)(H,19,26)(H,20,28)/t6-,7-,8-,9-,10-,11+,12+,13+/m1/s1. The first-order valence-electron chi connectivity index (χ1n) is 8.67. The molecule has 0 spiro atoms. The van der Waals surface area contributed by atoms with Crippen LogP contribution in [0, 0.1) is 0 Å². The second-order valence-electron chi connectivity index (χ2n) is 6.63. The number of nitrogens with one attached hydrogen (secondary N) is 3. The summed E-state index contributed by atoms with van der Waals surface area (Å²) in [5.74, 6) is -2.89. The minimum atomic E-state index is -1.54. The Hall–Kier alpha value is -2.12. The molecule has 3 amide bonds. The molecule has 0 aliphatic rings. The molecule has 162 valence electrons. The van der Waals surface area contributed by atoms with Crippen LogP contribution in [0.5, 0.6) is 0 Å². The van der Waals surface area contributed by atoms with Crippen LogP contribution in [0.25, 0.3) is 0 Å². The van der Waals surface area contributed by atoms with E-state index in [0.29, 0.717) is 6.29 Å². The molecule has 28 heavy (non-hydrogen) atoms. The summed E-state index contributed by atoms with van der Waals surface area (Å²) >= 11 is 0. The molecule has 8 atom stereocenters. The predicted octanol–water partition coefficient (Wildman–Crippen LogP) is -4.51. The average Bonchev–Trinajstić information content (AvgIpc) is 2.59. The van der Waals surface area contributed by atoms with Crippen molar-refractivity contribution in [3.8, 4) is 0 Å². The molecule has 0 aromatic carbocycles. The van der Waals surface area contributed by atoms with Crippen molar-refractivity contribution in [1.29, 1.82) is 0 Å². The van der Waals surface area contributed by atoms with Gasteiger partial charge in [0.2, 0.25) is 17.7 Å². The van der Waals surface area contributed by atoms with Crippen molar-refractivity contribution >= 4 is 24.0 Å². The molecule has 0 aliphatic carbocycles. The molecule has 0 rings (SSSR count). The molecule has 0 fully saturated rings. The Labute approximate surface area is 162 Å². The number of nitrogens with two attached hydrogens (primary N) is 1. The van der Waals surface area contributed by atoms with E-state index in [4.69, 9.17) is 5.73 Å². The maximum absolute atomic E-state index is 12.4. The van der Waals surface area contributed by atoms with Crippen molar-refractivity contribution in [2.24, 2.45) is 5.73 Å². The Morgan fingerprint density at radius 1 is 0.714 bits per heavy atom. The zero-order valence-corrected chi connectivity index (χ0v) is 16.2. The first-order chi connectivity index (χ1) is 12.8. The van der Waals surface area contributed by atoms with Crippen molar-refractivity contribution in [1.82, 2.24) is 16.0 Å². The molecule has 0 unspecified atom stereocenters. The summed E-state index contributed by atoms with van der Waals surface area (Å²) in [4.78, 5) is 47.5. The van der Waals surface area contributed by atoms with Crippen LogP contribution in [0.1, 0.15) is 27.7 Å². The second kappa shape index (κ2) is 11.7. The van der Waals surface area contributed by atoms with Gasteiger partial charge in [-0.05, 0) is 27.7 Å². The van der Waals surface area contributed by atoms with Crippen LogP contribution in [0.4, 0.5) is 0 Å². The highest BCUT2D eigenvalue weighted by molar-refractivity contribution is 5.94. The molecule has 0 aliphatic heterocycles. The van der Waals surface area contributed by atoms with Crippen molar-refractivity contribution in [2.75, 3.05) is 0 Å². The van der Waals surface area contributed by atoms with E-state index in [-0.39, 0.29) is 0 Å². The third-order valence-corrected chi connectivity index (χ3v) is 3.92. The van der Waals surface area contributed by atoms with Crippen molar-refractivity contribution in [3.63, 3.8) is 0 Å². The lowest BCUT2D eigenvalue weighted by atomic mass is 10.1. The van der Waals surface area contributed by atoms with Crippen LogP contribution < -0.4 is 21.7 Å². The van der Waals surface area contributed by atoms with Gasteiger partial charge in [0.05, 0.1) is 24.4 Å². The van der Waals surface area contributed by atoms with Gasteiger partial charge in [-0.25, -0.2) is 0 Å². The summed E-state index contributed by atoms with van der Waals surface area (Å²) in [6.07, 6.45) is -4.94. The van der Waals surface area contributed by atoms with Crippen LogP contribution in [-0.2, 0) is 19.2 Å². The van der Waals surface area contributed by atoms with E-state index in [1.807, 2.05) is 0 Å². The van der Waals surface area contributed by atoms with E-state index in [1.165, 1.54) is 27.7 Å². The van der Waals surface area contributed by atoms with Gasteiger partial charge in [-0.1, -0.05) is 0 Å². The summed E-state index contributed by atoms with van der Waals surface area (Å²) in [6.45, 7) is 4.93. The third kappa shape index (κ3) is 7.86. The Bertz CT molecular complexity index is 553. The van der Waals surface area contributed by atoms with Gasteiger partial charge in [0.1, 0.15) is 30.5 Å². The quantitative estimate of drug-likeness (QED) is 0.155. The van der Waals surface area contributed by atoms with E-state index in [1.54, 1.807) is 0 Å².